The monoisotopic (exact) mass is 514 g/mol. The highest BCUT2D eigenvalue weighted by Crippen LogP contribution is 2.31. The van der Waals surface area contributed by atoms with Gasteiger partial charge < -0.3 is 20.3 Å². The van der Waals surface area contributed by atoms with Crippen LogP contribution in [0.2, 0.25) is 10.0 Å². The maximum atomic E-state index is 12.9. The van der Waals surface area contributed by atoms with E-state index in [0.717, 1.165) is 38.4 Å². The van der Waals surface area contributed by atoms with E-state index >= 15 is 0 Å². The number of anilines is 3. The highest BCUT2D eigenvalue weighted by Gasteiger charge is 2.19. The van der Waals surface area contributed by atoms with E-state index < -0.39 is 5.91 Å². The number of amides is 1. The molecule has 0 saturated carbocycles. The largest absolute Gasteiger partial charge is 0.477 e. The van der Waals surface area contributed by atoms with Gasteiger partial charge in [0.15, 0.2) is 0 Å². The predicted octanol–water partition coefficient (Wildman–Crippen LogP) is 4.93. The lowest BCUT2D eigenvalue weighted by molar-refractivity contribution is 0.102. The molecule has 184 valence electrons. The van der Waals surface area contributed by atoms with Crippen molar-refractivity contribution in [3.05, 3.63) is 69.8 Å². The number of piperazine rings is 1. The van der Waals surface area contributed by atoms with Gasteiger partial charge in [0, 0.05) is 44.6 Å². The normalized spacial score (nSPS) is 14.5. The Morgan fingerprint density at radius 2 is 1.74 bits per heavy atom. The third kappa shape index (κ3) is 6.61. The second kappa shape index (κ2) is 11.7. The lowest BCUT2D eigenvalue weighted by Crippen LogP contribution is -2.43. The number of para-hydroxylation sites is 1. The average molecular weight is 515 g/mol. The Morgan fingerprint density at radius 3 is 2.40 bits per heavy atom. The molecule has 1 saturated heterocycles. The average Bonchev–Trinajstić information content (AvgIpc) is 2.84. The van der Waals surface area contributed by atoms with E-state index in [-0.39, 0.29) is 11.4 Å². The van der Waals surface area contributed by atoms with Crippen LogP contribution in [0.4, 0.5) is 17.3 Å². The fourth-order valence-corrected chi connectivity index (χ4v) is 4.21. The first-order chi connectivity index (χ1) is 16.9. The first kappa shape index (κ1) is 25.2. The van der Waals surface area contributed by atoms with Gasteiger partial charge in [0.1, 0.15) is 5.56 Å². The molecule has 0 atom stereocenters. The van der Waals surface area contributed by atoms with Gasteiger partial charge in [-0.25, -0.2) is 4.98 Å². The molecule has 1 fully saturated rings. The van der Waals surface area contributed by atoms with Crippen molar-refractivity contribution in [3.63, 3.8) is 0 Å². The molecule has 4 rings (SSSR count). The number of aromatic nitrogens is 2. The number of benzene rings is 2. The molecular formula is C25H28Cl2N6O2. The minimum atomic E-state index is -0.469. The predicted molar refractivity (Wildman–Crippen MR) is 140 cm³/mol. The highest BCUT2D eigenvalue weighted by atomic mass is 35.5. The zero-order chi connectivity index (χ0) is 24.8. The fraction of sp³-hybridized carbons (Fsp3) is 0.320. The van der Waals surface area contributed by atoms with Crippen LogP contribution in [-0.4, -0.2) is 65.5 Å². The second-order valence-electron chi connectivity index (χ2n) is 8.30. The van der Waals surface area contributed by atoms with Gasteiger partial charge in [-0.1, -0.05) is 41.4 Å². The van der Waals surface area contributed by atoms with Crippen LogP contribution < -0.4 is 15.4 Å². The maximum Gasteiger partial charge on any atom is 0.262 e. The Labute approximate surface area is 215 Å². The van der Waals surface area contributed by atoms with Crippen LogP contribution in [0.25, 0.3) is 0 Å². The number of hydrogen-bond donors (Lipinski definition) is 2. The SMILES string of the molecule is CCOc1nc(Nc2ccc(CN3CCN(C)CC3)cc2)ncc1C(=O)Nc1c(Cl)cccc1Cl. The van der Waals surface area contributed by atoms with E-state index in [1.807, 2.05) is 19.1 Å². The Bertz CT molecular complexity index is 1150. The number of rotatable bonds is 8. The van der Waals surface area contributed by atoms with Crippen LogP contribution >= 0.6 is 23.2 Å². The molecule has 1 aliphatic rings. The molecule has 1 aliphatic heterocycles. The van der Waals surface area contributed by atoms with Gasteiger partial charge in [-0.05, 0) is 43.8 Å². The number of ether oxygens (including phenoxy) is 1. The van der Waals surface area contributed by atoms with Gasteiger partial charge in [-0.15, -0.1) is 0 Å². The summed E-state index contributed by atoms with van der Waals surface area (Å²) in [5.41, 5.74) is 2.59. The summed E-state index contributed by atoms with van der Waals surface area (Å²) in [6.07, 6.45) is 1.42. The third-order valence-electron chi connectivity index (χ3n) is 5.69. The number of hydrogen-bond acceptors (Lipinski definition) is 7. The standard InChI is InChI=1S/C25H28Cl2N6O2/c1-3-35-24-19(23(34)30-22-20(26)5-4-6-21(22)27)15-28-25(31-24)29-18-9-7-17(8-10-18)16-33-13-11-32(2)12-14-33/h4-10,15H,3,11-14,16H2,1-2H3,(H,30,34)(H,28,29,31). The van der Waals surface area contributed by atoms with E-state index in [9.17, 15) is 4.79 Å². The molecule has 0 spiro atoms. The fourth-order valence-electron chi connectivity index (χ4n) is 3.71. The van der Waals surface area contributed by atoms with Crippen molar-refractivity contribution in [1.82, 2.24) is 19.8 Å². The second-order valence-corrected chi connectivity index (χ2v) is 9.11. The van der Waals surface area contributed by atoms with E-state index in [4.69, 9.17) is 27.9 Å². The third-order valence-corrected chi connectivity index (χ3v) is 6.32. The summed E-state index contributed by atoms with van der Waals surface area (Å²) in [5, 5.41) is 6.56. The van der Waals surface area contributed by atoms with Gasteiger partial charge in [-0.2, -0.15) is 4.98 Å². The molecule has 3 aromatic rings. The van der Waals surface area contributed by atoms with E-state index in [1.54, 1.807) is 18.2 Å². The summed E-state index contributed by atoms with van der Waals surface area (Å²) in [4.78, 5) is 26.4. The Morgan fingerprint density at radius 1 is 1.06 bits per heavy atom. The van der Waals surface area contributed by atoms with Gasteiger partial charge in [0.2, 0.25) is 11.8 Å². The first-order valence-electron chi connectivity index (χ1n) is 11.4. The molecule has 8 nitrogen and oxygen atoms in total. The van der Waals surface area contributed by atoms with Crippen molar-refractivity contribution in [2.75, 3.05) is 50.5 Å². The van der Waals surface area contributed by atoms with E-state index in [2.05, 4.69) is 49.6 Å². The van der Waals surface area contributed by atoms with Crippen LogP contribution in [0.1, 0.15) is 22.8 Å². The van der Waals surface area contributed by atoms with Crippen LogP contribution in [0.5, 0.6) is 5.88 Å². The van der Waals surface area contributed by atoms with E-state index in [0.29, 0.717) is 28.3 Å². The maximum absolute atomic E-state index is 12.9. The topological polar surface area (TPSA) is 82.6 Å². The van der Waals surface area contributed by atoms with Gasteiger partial charge >= 0.3 is 0 Å². The van der Waals surface area contributed by atoms with Crippen molar-refractivity contribution in [3.8, 4) is 5.88 Å². The van der Waals surface area contributed by atoms with Crippen molar-refractivity contribution in [2.24, 2.45) is 0 Å². The summed E-state index contributed by atoms with van der Waals surface area (Å²) < 4.78 is 5.62. The summed E-state index contributed by atoms with van der Waals surface area (Å²) in [7, 11) is 2.16. The highest BCUT2D eigenvalue weighted by molar-refractivity contribution is 6.40. The molecule has 2 heterocycles. The zero-order valence-electron chi connectivity index (χ0n) is 19.7. The van der Waals surface area contributed by atoms with Gasteiger partial charge in [-0.3, -0.25) is 9.69 Å². The summed E-state index contributed by atoms with van der Waals surface area (Å²) >= 11 is 12.3. The number of likely N-dealkylation sites (N-methyl/N-ethyl adjacent to an activating group) is 1. The minimum absolute atomic E-state index is 0.164. The summed E-state index contributed by atoms with van der Waals surface area (Å²) in [6, 6.07) is 13.2. The Hall–Kier alpha value is -2.91. The number of carbonyl (C=O) groups is 1. The number of nitrogens with one attached hydrogen (secondary N) is 2. The van der Waals surface area contributed by atoms with Crippen molar-refractivity contribution in [1.29, 1.82) is 0 Å². The minimum Gasteiger partial charge on any atom is -0.477 e. The van der Waals surface area contributed by atoms with Crippen LogP contribution in [0, 0.1) is 0 Å². The van der Waals surface area contributed by atoms with Gasteiger partial charge in [0.25, 0.3) is 5.91 Å². The molecule has 0 unspecified atom stereocenters. The van der Waals surface area contributed by atoms with Crippen molar-refractivity contribution >= 4 is 46.4 Å². The van der Waals surface area contributed by atoms with Crippen LogP contribution in [0.15, 0.2) is 48.7 Å². The molecular weight excluding hydrogens is 487 g/mol. The quantitative estimate of drug-likeness (QED) is 0.441. The molecule has 2 N–H and O–H groups in total. The van der Waals surface area contributed by atoms with E-state index in [1.165, 1.54) is 11.8 Å². The number of nitrogens with zero attached hydrogens (tertiary/aromatic N) is 4. The zero-order valence-corrected chi connectivity index (χ0v) is 21.2. The molecule has 0 radical (unpaired) electrons. The smallest absolute Gasteiger partial charge is 0.262 e. The molecule has 0 bridgehead atoms. The van der Waals surface area contributed by atoms with Crippen LogP contribution in [0.3, 0.4) is 0 Å². The Kier molecular flexibility index (Phi) is 8.41. The van der Waals surface area contributed by atoms with Crippen molar-refractivity contribution < 1.29 is 9.53 Å². The molecule has 0 aliphatic carbocycles. The number of carbonyl (C=O) groups excluding carboxylic acids is 1. The molecule has 1 aromatic heterocycles. The van der Waals surface area contributed by atoms with Crippen LogP contribution in [-0.2, 0) is 6.54 Å². The summed E-state index contributed by atoms with van der Waals surface area (Å²) in [5.74, 6) is 0.0215. The van der Waals surface area contributed by atoms with Gasteiger partial charge in [0.05, 0.1) is 22.3 Å². The van der Waals surface area contributed by atoms with Crippen molar-refractivity contribution in [2.45, 2.75) is 13.5 Å². The molecule has 2 aromatic carbocycles. The molecule has 35 heavy (non-hydrogen) atoms. The summed E-state index contributed by atoms with van der Waals surface area (Å²) in [6.45, 7) is 7.43. The lowest BCUT2D eigenvalue weighted by Gasteiger charge is -2.32. The molecule has 1 amide bonds. The molecule has 10 heteroatoms. The first-order valence-corrected chi connectivity index (χ1v) is 12.2. The Balaban J connectivity index is 1.44. The number of halogens is 2. The lowest BCUT2D eigenvalue weighted by atomic mass is 10.2.